The van der Waals surface area contributed by atoms with Crippen molar-refractivity contribution in [2.24, 2.45) is 0 Å². The zero-order valence-corrected chi connectivity index (χ0v) is 17.6. The molecule has 2 aromatic carbocycles. The van der Waals surface area contributed by atoms with Gasteiger partial charge in [0.05, 0.1) is 15.1 Å². The number of nitrogens with zero attached hydrogens (tertiary/aromatic N) is 4. The molecule has 5 rings (SSSR count). The maximum Gasteiger partial charge on any atom is 0.229 e. The first kappa shape index (κ1) is 18.7. The highest BCUT2D eigenvalue weighted by molar-refractivity contribution is 7.91. The highest BCUT2D eigenvalue weighted by atomic mass is 32.2. The summed E-state index contributed by atoms with van der Waals surface area (Å²) in [6.07, 6.45) is 0.919. The van der Waals surface area contributed by atoms with Crippen LogP contribution in [-0.4, -0.2) is 28.2 Å². The Morgan fingerprint density at radius 2 is 1.90 bits per heavy atom. The molecule has 0 spiro atoms. The van der Waals surface area contributed by atoms with Crippen molar-refractivity contribution in [3.63, 3.8) is 0 Å². The normalized spacial score (nSPS) is 11.9. The summed E-state index contributed by atoms with van der Waals surface area (Å²) in [5, 5.41) is 13.2. The number of thiophene rings is 1. The van der Waals surface area contributed by atoms with Gasteiger partial charge in [-0.15, -0.1) is 16.4 Å². The first-order valence-corrected chi connectivity index (χ1v) is 11.7. The molecule has 0 aliphatic carbocycles. The van der Waals surface area contributed by atoms with Crippen LogP contribution in [0.1, 0.15) is 12.5 Å². The van der Waals surface area contributed by atoms with Crippen LogP contribution in [0.5, 0.6) is 0 Å². The fraction of sp³-hybridized carbons (Fsp3) is 0.0952. The zero-order chi connectivity index (χ0) is 20.7. The molecule has 3 aromatic heterocycles. The summed E-state index contributed by atoms with van der Waals surface area (Å²) < 4.78 is 28.7. The quantitative estimate of drug-likeness (QED) is 0.438. The Labute approximate surface area is 176 Å². The predicted octanol–water partition coefficient (Wildman–Crippen LogP) is 4.48. The van der Waals surface area contributed by atoms with Crippen molar-refractivity contribution in [1.82, 2.24) is 19.8 Å². The number of nitrogens with one attached hydrogen (secondary N) is 1. The van der Waals surface area contributed by atoms with Gasteiger partial charge in [-0.05, 0) is 47.7 Å². The van der Waals surface area contributed by atoms with Gasteiger partial charge in [0.25, 0.3) is 0 Å². The van der Waals surface area contributed by atoms with E-state index in [1.807, 2.05) is 23.6 Å². The SMILES string of the molecule is CCc1cccc(Nc2nc3c(S(=O)(=O)c4ccccc4)nnn3c3ccsc23)c1. The molecule has 150 valence electrons. The van der Waals surface area contributed by atoms with E-state index in [1.165, 1.54) is 21.4 Å². The number of anilines is 2. The standard InChI is InChI=1S/C21H17N5O2S2/c1-2-14-7-6-8-15(13-14)22-19-18-17(11-12-29-18)26-20(23-19)21(24-25-26)30(27,28)16-9-4-3-5-10-16/h3-13H,2H2,1H3,(H,22,23). The lowest BCUT2D eigenvalue weighted by Crippen LogP contribution is -2.05. The summed E-state index contributed by atoms with van der Waals surface area (Å²) in [5.41, 5.74) is 3.03. The molecule has 0 amide bonds. The largest absolute Gasteiger partial charge is 0.339 e. The van der Waals surface area contributed by atoms with E-state index in [4.69, 9.17) is 0 Å². The number of fused-ring (bicyclic) bond motifs is 3. The van der Waals surface area contributed by atoms with Crippen LogP contribution in [0.3, 0.4) is 0 Å². The monoisotopic (exact) mass is 435 g/mol. The third-order valence-corrected chi connectivity index (χ3v) is 7.40. The number of rotatable bonds is 5. The van der Waals surface area contributed by atoms with E-state index in [-0.39, 0.29) is 15.6 Å². The lowest BCUT2D eigenvalue weighted by molar-refractivity contribution is 0.592. The minimum atomic E-state index is -3.86. The predicted molar refractivity (Wildman–Crippen MR) is 117 cm³/mol. The molecule has 0 saturated heterocycles. The second-order valence-corrected chi connectivity index (χ2v) is 9.50. The van der Waals surface area contributed by atoms with Crippen molar-refractivity contribution in [1.29, 1.82) is 0 Å². The molecule has 9 heteroatoms. The molecule has 3 heterocycles. The van der Waals surface area contributed by atoms with Crippen LogP contribution in [0.4, 0.5) is 11.5 Å². The van der Waals surface area contributed by atoms with Crippen molar-refractivity contribution < 1.29 is 8.42 Å². The summed E-state index contributed by atoms with van der Waals surface area (Å²) in [6, 6.07) is 18.1. The fourth-order valence-electron chi connectivity index (χ4n) is 3.30. The number of aryl methyl sites for hydroxylation is 1. The Balaban J connectivity index is 1.70. The first-order chi connectivity index (χ1) is 14.6. The van der Waals surface area contributed by atoms with E-state index in [0.717, 1.165) is 22.3 Å². The van der Waals surface area contributed by atoms with Gasteiger partial charge in [-0.1, -0.05) is 42.5 Å². The molecule has 0 unspecified atom stereocenters. The maximum atomic E-state index is 13.2. The molecule has 30 heavy (non-hydrogen) atoms. The molecule has 1 N–H and O–H groups in total. The Hall–Kier alpha value is -3.30. The molecule has 0 aliphatic rings. The van der Waals surface area contributed by atoms with Gasteiger partial charge >= 0.3 is 0 Å². The van der Waals surface area contributed by atoms with Crippen molar-refractivity contribution in [2.75, 3.05) is 5.32 Å². The highest BCUT2D eigenvalue weighted by Gasteiger charge is 2.27. The minimum absolute atomic E-state index is 0.157. The van der Waals surface area contributed by atoms with E-state index in [0.29, 0.717) is 5.82 Å². The van der Waals surface area contributed by atoms with E-state index >= 15 is 0 Å². The highest BCUT2D eigenvalue weighted by Crippen LogP contribution is 2.32. The lowest BCUT2D eigenvalue weighted by Gasteiger charge is -2.09. The van der Waals surface area contributed by atoms with Gasteiger partial charge in [-0.3, -0.25) is 0 Å². The van der Waals surface area contributed by atoms with Crippen LogP contribution in [0.25, 0.3) is 15.9 Å². The zero-order valence-electron chi connectivity index (χ0n) is 16.0. The van der Waals surface area contributed by atoms with Gasteiger partial charge < -0.3 is 5.32 Å². The summed E-state index contributed by atoms with van der Waals surface area (Å²) in [5.74, 6) is 0.576. The Morgan fingerprint density at radius 3 is 2.70 bits per heavy atom. The topological polar surface area (TPSA) is 89.2 Å². The van der Waals surface area contributed by atoms with Gasteiger partial charge in [-0.25, -0.2) is 13.4 Å². The Bertz CT molecular complexity index is 1470. The maximum absolute atomic E-state index is 13.2. The molecule has 0 bridgehead atoms. The first-order valence-electron chi connectivity index (χ1n) is 9.36. The van der Waals surface area contributed by atoms with Crippen LogP contribution in [-0.2, 0) is 16.3 Å². The second kappa shape index (κ2) is 7.19. The molecular formula is C21H17N5O2S2. The van der Waals surface area contributed by atoms with Crippen LogP contribution < -0.4 is 5.32 Å². The van der Waals surface area contributed by atoms with Crippen molar-refractivity contribution in [3.05, 3.63) is 71.6 Å². The second-order valence-electron chi connectivity index (χ2n) is 6.72. The minimum Gasteiger partial charge on any atom is -0.339 e. The van der Waals surface area contributed by atoms with Crippen molar-refractivity contribution in [3.8, 4) is 0 Å². The number of aromatic nitrogens is 4. The van der Waals surface area contributed by atoms with Crippen LogP contribution in [0.15, 0.2) is 76.0 Å². The number of sulfone groups is 1. The van der Waals surface area contributed by atoms with Gasteiger partial charge in [0.15, 0.2) is 11.5 Å². The smallest absolute Gasteiger partial charge is 0.229 e. The number of hydrogen-bond acceptors (Lipinski definition) is 7. The van der Waals surface area contributed by atoms with E-state index in [9.17, 15) is 8.42 Å². The van der Waals surface area contributed by atoms with E-state index < -0.39 is 9.84 Å². The molecular weight excluding hydrogens is 418 g/mol. The third-order valence-electron chi connectivity index (χ3n) is 4.83. The fourth-order valence-corrected chi connectivity index (χ4v) is 5.37. The summed E-state index contributed by atoms with van der Waals surface area (Å²) >= 11 is 1.51. The van der Waals surface area contributed by atoms with Crippen LogP contribution in [0.2, 0.25) is 0 Å². The summed E-state index contributed by atoms with van der Waals surface area (Å²) in [6.45, 7) is 2.10. The molecule has 0 atom stereocenters. The average Bonchev–Trinajstić information content (AvgIpc) is 3.42. The van der Waals surface area contributed by atoms with Gasteiger partial charge in [-0.2, -0.15) is 4.52 Å². The van der Waals surface area contributed by atoms with Crippen LogP contribution in [0, 0.1) is 0 Å². The number of benzene rings is 2. The molecule has 0 saturated carbocycles. The Morgan fingerprint density at radius 1 is 1.07 bits per heavy atom. The lowest BCUT2D eigenvalue weighted by atomic mass is 10.1. The van der Waals surface area contributed by atoms with Crippen LogP contribution >= 0.6 is 11.3 Å². The molecule has 0 fully saturated rings. The molecule has 7 nitrogen and oxygen atoms in total. The summed E-state index contributed by atoms with van der Waals surface area (Å²) in [7, 11) is -3.86. The van der Waals surface area contributed by atoms with Crippen molar-refractivity contribution in [2.45, 2.75) is 23.3 Å². The summed E-state index contributed by atoms with van der Waals surface area (Å²) in [4.78, 5) is 4.79. The molecule has 0 radical (unpaired) electrons. The van der Waals surface area contributed by atoms with Gasteiger partial charge in [0.1, 0.15) is 0 Å². The molecule has 0 aliphatic heterocycles. The Kier molecular flexibility index (Phi) is 4.48. The average molecular weight is 436 g/mol. The van der Waals surface area contributed by atoms with Gasteiger partial charge in [0.2, 0.25) is 14.9 Å². The third kappa shape index (κ3) is 3.03. The number of hydrogen-bond donors (Lipinski definition) is 1. The van der Waals surface area contributed by atoms with E-state index in [2.05, 4.69) is 39.7 Å². The van der Waals surface area contributed by atoms with E-state index in [1.54, 1.807) is 30.3 Å². The van der Waals surface area contributed by atoms with Gasteiger partial charge in [0, 0.05) is 5.69 Å². The van der Waals surface area contributed by atoms with Crippen molar-refractivity contribution >= 4 is 48.5 Å². The molecule has 5 aromatic rings.